The first-order valence-electron chi connectivity index (χ1n) is 5.59. The molecule has 3 nitrogen and oxygen atoms in total. The van der Waals surface area contributed by atoms with Crippen LogP contribution in [0.2, 0.25) is 0 Å². The number of nitrogens with one attached hydrogen (secondary N) is 1. The second-order valence-electron chi connectivity index (χ2n) is 3.75. The van der Waals surface area contributed by atoms with E-state index in [9.17, 15) is 4.79 Å². The monoisotopic (exact) mass is 262 g/mol. The molecule has 0 saturated heterocycles. The number of nitrogens with zero attached hydrogens (tertiary/aromatic N) is 1. The number of carbonyl (C=O) groups is 1. The van der Waals surface area contributed by atoms with Crippen LogP contribution in [0.5, 0.6) is 0 Å². The summed E-state index contributed by atoms with van der Waals surface area (Å²) in [4.78, 5) is 15.7. The Morgan fingerprint density at radius 2 is 1.78 bits per heavy atom. The Morgan fingerprint density at radius 1 is 1.06 bits per heavy atom. The molecule has 2 aromatic rings. The molecule has 2 rings (SSSR count). The topological polar surface area (TPSA) is 42.0 Å². The van der Waals surface area contributed by atoms with Crippen LogP contribution in [0.1, 0.15) is 12.0 Å². The van der Waals surface area contributed by atoms with E-state index in [2.05, 4.69) is 10.3 Å². The molecule has 0 unspecified atom stereocenters. The number of anilines is 1. The fraction of sp³-hybridized carbons (Fsp3) is 0.143. The Morgan fingerprint density at radius 3 is 2.44 bits per heavy atom. The highest BCUT2D eigenvalue weighted by Gasteiger charge is 2.02. The molecule has 0 aliphatic carbocycles. The average Bonchev–Trinajstić information content (AvgIpc) is 2.39. The summed E-state index contributed by atoms with van der Waals surface area (Å²) in [6.07, 6.45) is 2.88. The third-order valence-corrected chi connectivity index (χ3v) is 2.42. The molecule has 0 atom stereocenters. The van der Waals surface area contributed by atoms with Crippen molar-refractivity contribution in [2.45, 2.75) is 12.8 Å². The molecule has 1 heterocycles. The zero-order valence-corrected chi connectivity index (χ0v) is 10.7. The maximum atomic E-state index is 11.6. The third kappa shape index (κ3) is 4.55. The summed E-state index contributed by atoms with van der Waals surface area (Å²) in [7, 11) is 0. The number of halogens is 1. The van der Waals surface area contributed by atoms with Crippen molar-refractivity contribution in [2.24, 2.45) is 0 Å². The van der Waals surface area contributed by atoms with Crippen molar-refractivity contribution in [2.75, 3.05) is 5.32 Å². The molecule has 0 fully saturated rings. The van der Waals surface area contributed by atoms with E-state index in [1.54, 1.807) is 12.3 Å². The minimum atomic E-state index is -0.00690. The van der Waals surface area contributed by atoms with Gasteiger partial charge in [-0.15, -0.1) is 12.4 Å². The van der Waals surface area contributed by atoms with Gasteiger partial charge in [-0.3, -0.25) is 4.79 Å². The van der Waals surface area contributed by atoms with Gasteiger partial charge in [0.1, 0.15) is 5.82 Å². The van der Waals surface area contributed by atoms with Crippen molar-refractivity contribution < 1.29 is 4.79 Å². The number of amides is 1. The van der Waals surface area contributed by atoms with Gasteiger partial charge in [-0.25, -0.2) is 4.98 Å². The Bertz CT molecular complexity index is 474. The molecule has 1 amide bonds. The lowest BCUT2D eigenvalue weighted by atomic mass is 10.1. The van der Waals surface area contributed by atoms with Crippen molar-refractivity contribution in [3.8, 4) is 0 Å². The first kappa shape index (κ1) is 14.2. The number of benzene rings is 1. The molecule has 1 aromatic heterocycles. The lowest BCUT2D eigenvalue weighted by molar-refractivity contribution is -0.116. The van der Waals surface area contributed by atoms with Gasteiger partial charge in [0.25, 0.3) is 0 Å². The molecule has 0 saturated carbocycles. The summed E-state index contributed by atoms with van der Waals surface area (Å²) < 4.78 is 0. The number of rotatable bonds is 4. The molecule has 4 heteroatoms. The Hall–Kier alpha value is -1.87. The van der Waals surface area contributed by atoms with Crippen molar-refractivity contribution in [1.82, 2.24) is 4.98 Å². The van der Waals surface area contributed by atoms with Crippen LogP contribution < -0.4 is 5.32 Å². The molecule has 1 aromatic carbocycles. The van der Waals surface area contributed by atoms with Crippen molar-refractivity contribution in [1.29, 1.82) is 0 Å². The van der Waals surface area contributed by atoms with Crippen LogP contribution in [0.15, 0.2) is 54.7 Å². The summed E-state index contributed by atoms with van der Waals surface area (Å²) in [6.45, 7) is 0. The van der Waals surface area contributed by atoms with Gasteiger partial charge < -0.3 is 5.32 Å². The molecule has 0 bridgehead atoms. The minimum Gasteiger partial charge on any atom is -0.311 e. The smallest absolute Gasteiger partial charge is 0.225 e. The number of hydrogen-bond donors (Lipinski definition) is 1. The van der Waals surface area contributed by atoms with Crippen molar-refractivity contribution >= 4 is 24.1 Å². The lowest BCUT2D eigenvalue weighted by Gasteiger charge is -2.03. The van der Waals surface area contributed by atoms with E-state index in [0.29, 0.717) is 12.2 Å². The maximum absolute atomic E-state index is 11.6. The zero-order valence-electron chi connectivity index (χ0n) is 9.87. The van der Waals surface area contributed by atoms with Gasteiger partial charge in [-0.2, -0.15) is 0 Å². The molecule has 0 aliphatic rings. The van der Waals surface area contributed by atoms with Gasteiger partial charge in [-0.1, -0.05) is 36.4 Å². The standard InChI is InChI=1S/C14H14N2O.ClH/c17-14(16-13-8-4-5-11-15-13)10-9-12-6-2-1-3-7-12;/h1-8,11H,9-10H2,(H,15,16,17);1H. The highest BCUT2D eigenvalue weighted by atomic mass is 35.5. The van der Waals surface area contributed by atoms with Gasteiger partial charge in [0.15, 0.2) is 0 Å². The zero-order chi connectivity index (χ0) is 11.9. The fourth-order valence-electron chi connectivity index (χ4n) is 1.54. The molecule has 1 N–H and O–H groups in total. The van der Waals surface area contributed by atoms with Crippen LogP contribution in [0.3, 0.4) is 0 Å². The summed E-state index contributed by atoms with van der Waals surface area (Å²) in [5.41, 5.74) is 1.17. The Balaban J connectivity index is 0.00000162. The Labute approximate surface area is 113 Å². The second kappa shape index (κ2) is 7.45. The highest BCUT2D eigenvalue weighted by molar-refractivity contribution is 5.89. The predicted molar refractivity (Wildman–Crippen MR) is 74.9 cm³/mol. The predicted octanol–water partition coefficient (Wildman–Crippen LogP) is 3.07. The molecular weight excluding hydrogens is 248 g/mol. The lowest BCUT2D eigenvalue weighted by Crippen LogP contribution is -2.13. The van der Waals surface area contributed by atoms with Crippen LogP contribution in [0, 0.1) is 0 Å². The normalized spacial score (nSPS) is 9.33. The van der Waals surface area contributed by atoms with Gasteiger partial charge in [-0.05, 0) is 24.1 Å². The first-order valence-corrected chi connectivity index (χ1v) is 5.59. The SMILES string of the molecule is Cl.O=C(CCc1ccccc1)Nc1ccccn1. The van der Waals surface area contributed by atoms with E-state index in [4.69, 9.17) is 0 Å². The molecular formula is C14H15ClN2O. The van der Waals surface area contributed by atoms with Crippen LogP contribution >= 0.6 is 12.4 Å². The number of hydrogen-bond acceptors (Lipinski definition) is 2. The molecule has 0 spiro atoms. The maximum Gasteiger partial charge on any atom is 0.225 e. The van der Waals surface area contributed by atoms with E-state index in [-0.39, 0.29) is 18.3 Å². The van der Waals surface area contributed by atoms with Crippen molar-refractivity contribution in [3.63, 3.8) is 0 Å². The van der Waals surface area contributed by atoms with Crippen molar-refractivity contribution in [3.05, 3.63) is 60.3 Å². The summed E-state index contributed by atoms with van der Waals surface area (Å²) >= 11 is 0. The van der Waals surface area contributed by atoms with Crippen LogP contribution in [0.25, 0.3) is 0 Å². The third-order valence-electron chi connectivity index (χ3n) is 2.42. The van der Waals surface area contributed by atoms with Gasteiger partial charge in [0, 0.05) is 12.6 Å². The molecule has 0 aliphatic heterocycles. The quantitative estimate of drug-likeness (QED) is 0.920. The molecule has 18 heavy (non-hydrogen) atoms. The number of pyridine rings is 1. The largest absolute Gasteiger partial charge is 0.311 e. The summed E-state index contributed by atoms with van der Waals surface area (Å²) in [5.74, 6) is 0.595. The van der Waals surface area contributed by atoms with E-state index in [1.165, 1.54) is 5.56 Å². The van der Waals surface area contributed by atoms with Crippen LogP contribution in [-0.4, -0.2) is 10.9 Å². The summed E-state index contributed by atoms with van der Waals surface area (Å²) in [6, 6.07) is 15.4. The average molecular weight is 263 g/mol. The van der Waals surface area contributed by atoms with Crippen LogP contribution in [-0.2, 0) is 11.2 Å². The fourth-order valence-corrected chi connectivity index (χ4v) is 1.54. The van der Waals surface area contributed by atoms with E-state index >= 15 is 0 Å². The number of carbonyl (C=O) groups excluding carboxylic acids is 1. The highest BCUT2D eigenvalue weighted by Crippen LogP contribution is 2.05. The number of aromatic nitrogens is 1. The second-order valence-corrected chi connectivity index (χ2v) is 3.75. The summed E-state index contributed by atoms with van der Waals surface area (Å²) in [5, 5.41) is 2.76. The van der Waals surface area contributed by atoms with E-state index in [0.717, 1.165) is 6.42 Å². The Kier molecular flexibility index (Phi) is 5.88. The van der Waals surface area contributed by atoms with Gasteiger partial charge in [0.05, 0.1) is 0 Å². The van der Waals surface area contributed by atoms with Gasteiger partial charge in [0.2, 0.25) is 5.91 Å². The first-order chi connectivity index (χ1) is 8.34. The van der Waals surface area contributed by atoms with Gasteiger partial charge >= 0.3 is 0 Å². The molecule has 0 radical (unpaired) electrons. The minimum absolute atomic E-state index is 0. The van der Waals surface area contributed by atoms with E-state index in [1.807, 2.05) is 42.5 Å². The van der Waals surface area contributed by atoms with Crippen LogP contribution in [0.4, 0.5) is 5.82 Å². The number of aryl methyl sites for hydroxylation is 1. The molecule has 94 valence electrons. The van der Waals surface area contributed by atoms with E-state index < -0.39 is 0 Å².